The second kappa shape index (κ2) is 26.1. The predicted octanol–water partition coefficient (Wildman–Crippen LogP) is 5.93. The number of nitrogens with two attached hydrogens (primary N) is 1. The minimum Gasteiger partial charge on any atom is -0.480 e. The Morgan fingerprint density at radius 2 is 1.33 bits per heavy atom. The lowest BCUT2D eigenvalue weighted by atomic mass is 10.1. The molecule has 0 amide bonds. The normalized spacial score (nSPS) is 15.0. The Labute approximate surface area is 250 Å². The third kappa shape index (κ3) is 25.2. The van der Waals surface area contributed by atoms with E-state index in [-0.39, 0.29) is 19.4 Å². The molecule has 0 radical (unpaired) electrons. The van der Waals surface area contributed by atoms with Crippen molar-refractivity contribution >= 4 is 25.7 Å². The van der Waals surface area contributed by atoms with Crippen LogP contribution in [0.4, 0.5) is 0 Å². The minimum atomic E-state index is -4.71. The van der Waals surface area contributed by atoms with Crippen LogP contribution in [0, 0.1) is 0 Å². The lowest BCUT2D eigenvalue weighted by Gasteiger charge is -2.20. The van der Waals surface area contributed by atoms with Gasteiger partial charge in [-0.05, 0) is 38.5 Å². The number of allylic oxidation sites excluding steroid dienone is 8. The van der Waals surface area contributed by atoms with Gasteiger partial charge in [0.2, 0.25) is 0 Å². The molecule has 240 valence electrons. The zero-order valence-electron chi connectivity index (χ0n) is 25.1. The second-order valence-electron chi connectivity index (χ2n) is 9.50. The maximum Gasteiger partial charge on any atom is 0.472 e. The van der Waals surface area contributed by atoms with Gasteiger partial charge in [-0.3, -0.25) is 23.4 Å². The van der Waals surface area contributed by atoms with Crippen molar-refractivity contribution in [2.45, 2.75) is 103 Å². The summed E-state index contributed by atoms with van der Waals surface area (Å²) >= 11 is 0. The van der Waals surface area contributed by atoms with Crippen molar-refractivity contribution in [3.63, 3.8) is 0 Å². The summed E-state index contributed by atoms with van der Waals surface area (Å²) in [4.78, 5) is 45.1. The number of esters is 2. The number of hydrogen-bond donors (Lipinski definition) is 3. The maximum atomic E-state index is 12.4. The van der Waals surface area contributed by atoms with Crippen LogP contribution in [0.3, 0.4) is 0 Å². The van der Waals surface area contributed by atoms with E-state index < -0.39 is 51.1 Å². The summed E-state index contributed by atoms with van der Waals surface area (Å²) in [7, 11) is -4.71. The van der Waals surface area contributed by atoms with Crippen molar-refractivity contribution in [2.24, 2.45) is 5.73 Å². The van der Waals surface area contributed by atoms with E-state index in [2.05, 4.69) is 48.8 Å². The van der Waals surface area contributed by atoms with Gasteiger partial charge in [-0.25, -0.2) is 4.57 Å². The molecule has 0 aliphatic rings. The van der Waals surface area contributed by atoms with Crippen molar-refractivity contribution in [1.82, 2.24) is 0 Å². The fourth-order valence-corrected chi connectivity index (χ4v) is 4.03. The highest BCUT2D eigenvalue weighted by atomic mass is 31.2. The molecule has 3 atom stereocenters. The Hall–Kier alpha value is -2.56. The van der Waals surface area contributed by atoms with Crippen LogP contribution in [0.2, 0.25) is 0 Å². The second-order valence-corrected chi connectivity index (χ2v) is 11.0. The van der Waals surface area contributed by atoms with Crippen molar-refractivity contribution in [3.05, 3.63) is 48.6 Å². The Balaban J connectivity index is 4.68. The Morgan fingerprint density at radius 1 is 0.762 bits per heavy atom. The summed E-state index contributed by atoms with van der Waals surface area (Å²) in [6, 6.07) is -1.53. The van der Waals surface area contributed by atoms with Gasteiger partial charge in [0, 0.05) is 12.8 Å². The summed E-state index contributed by atoms with van der Waals surface area (Å²) in [5.41, 5.74) is 5.26. The van der Waals surface area contributed by atoms with E-state index in [4.69, 9.17) is 24.8 Å². The molecular weight excluding hydrogens is 565 g/mol. The van der Waals surface area contributed by atoms with Gasteiger partial charge < -0.3 is 25.2 Å². The Bertz CT molecular complexity index is 916. The molecule has 0 aromatic heterocycles. The molecule has 0 saturated carbocycles. The summed E-state index contributed by atoms with van der Waals surface area (Å²) < 4.78 is 32.0. The third-order valence-electron chi connectivity index (χ3n) is 5.60. The molecule has 0 saturated heterocycles. The number of ether oxygens (including phenoxy) is 2. The largest absolute Gasteiger partial charge is 0.480 e. The average Bonchev–Trinajstić information content (AvgIpc) is 2.95. The first-order valence-electron chi connectivity index (χ1n) is 14.7. The SMILES string of the molecule is CC/C=C\C/C=C\C/C=C\C/C=C\CCC(=O)OC(COC(=O)CCCCCCC)COP(=O)(O)OCC(N)C(=O)O. The first-order valence-corrected chi connectivity index (χ1v) is 16.2. The van der Waals surface area contributed by atoms with Gasteiger partial charge in [0.15, 0.2) is 6.10 Å². The zero-order valence-corrected chi connectivity index (χ0v) is 26.0. The molecule has 4 N–H and O–H groups in total. The Kier molecular flexibility index (Phi) is 24.5. The number of hydrogen-bond acceptors (Lipinski definition) is 9. The summed E-state index contributed by atoms with van der Waals surface area (Å²) in [5, 5.41) is 8.78. The maximum absolute atomic E-state index is 12.4. The molecule has 3 unspecified atom stereocenters. The van der Waals surface area contributed by atoms with Gasteiger partial charge >= 0.3 is 25.7 Å². The van der Waals surface area contributed by atoms with Crippen LogP contribution >= 0.6 is 7.82 Å². The molecule has 0 spiro atoms. The van der Waals surface area contributed by atoms with Crippen molar-refractivity contribution in [1.29, 1.82) is 0 Å². The first kappa shape index (κ1) is 39.4. The van der Waals surface area contributed by atoms with Crippen LogP contribution in [0.5, 0.6) is 0 Å². The highest BCUT2D eigenvalue weighted by Gasteiger charge is 2.28. The van der Waals surface area contributed by atoms with Gasteiger partial charge in [0.1, 0.15) is 12.6 Å². The number of phosphoric ester groups is 1. The van der Waals surface area contributed by atoms with Gasteiger partial charge in [-0.2, -0.15) is 0 Å². The van der Waals surface area contributed by atoms with E-state index >= 15 is 0 Å². The van der Waals surface area contributed by atoms with E-state index in [1.54, 1.807) is 0 Å². The number of carbonyl (C=O) groups is 3. The number of carbonyl (C=O) groups excluding carboxylic acids is 2. The number of carboxylic acid groups (broad SMARTS) is 1. The Morgan fingerprint density at radius 3 is 1.93 bits per heavy atom. The van der Waals surface area contributed by atoms with E-state index in [0.29, 0.717) is 12.8 Å². The fraction of sp³-hybridized carbons (Fsp3) is 0.633. The highest BCUT2D eigenvalue weighted by molar-refractivity contribution is 7.47. The van der Waals surface area contributed by atoms with Crippen LogP contribution in [0.1, 0.15) is 90.9 Å². The van der Waals surface area contributed by atoms with E-state index in [1.165, 1.54) is 0 Å². The number of aliphatic carboxylic acids is 1. The summed E-state index contributed by atoms with van der Waals surface area (Å²) in [6.07, 6.45) is 24.1. The quantitative estimate of drug-likeness (QED) is 0.0455. The molecule has 0 aliphatic heterocycles. The molecule has 11 nitrogen and oxygen atoms in total. The number of carboxylic acids is 1. The molecule has 0 heterocycles. The van der Waals surface area contributed by atoms with Crippen LogP contribution in [0.25, 0.3) is 0 Å². The smallest absolute Gasteiger partial charge is 0.472 e. The van der Waals surface area contributed by atoms with Gasteiger partial charge in [0.05, 0.1) is 13.2 Å². The topological polar surface area (TPSA) is 172 Å². The van der Waals surface area contributed by atoms with Crippen molar-refractivity contribution in [2.75, 3.05) is 19.8 Å². The first-order chi connectivity index (χ1) is 20.1. The number of phosphoric acid groups is 1. The molecule has 42 heavy (non-hydrogen) atoms. The van der Waals surface area contributed by atoms with Crippen LogP contribution in [-0.4, -0.2) is 59.9 Å². The average molecular weight is 616 g/mol. The van der Waals surface area contributed by atoms with Crippen molar-refractivity contribution < 1.29 is 47.5 Å². The van der Waals surface area contributed by atoms with Crippen molar-refractivity contribution in [3.8, 4) is 0 Å². The van der Waals surface area contributed by atoms with E-state index in [0.717, 1.165) is 51.4 Å². The van der Waals surface area contributed by atoms with Crippen LogP contribution in [-0.2, 0) is 37.5 Å². The van der Waals surface area contributed by atoms with Crippen LogP contribution < -0.4 is 5.73 Å². The van der Waals surface area contributed by atoms with Crippen LogP contribution in [0.15, 0.2) is 48.6 Å². The fourth-order valence-electron chi connectivity index (χ4n) is 3.25. The minimum absolute atomic E-state index is 0.0385. The number of rotatable bonds is 26. The third-order valence-corrected chi connectivity index (χ3v) is 6.56. The molecule has 0 rings (SSSR count). The lowest BCUT2D eigenvalue weighted by molar-refractivity contribution is -0.161. The summed E-state index contributed by atoms with van der Waals surface area (Å²) in [5.74, 6) is -2.51. The molecule has 0 bridgehead atoms. The lowest BCUT2D eigenvalue weighted by Crippen LogP contribution is -2.34. The van der Waals surface area contributed by atoms with E-state index in [1.807, 2.05) is 18.2 Å². The van der Waals surface area contributed by atoms with Gasteiger partial charge in [-0.1, -0.05) is 88.1 Å². The van der Waals surface area contributed by atoms with Gasteiger partial charge in [-0.15, -0.1) is 0 Å². The van der Waals surface area contributed by atoms with E-state index in [9.17, 15) is 23.8 Å². The molecule has 0 aliphatic carbocycles. The predicted molar refractivity (Wildman–Crippen MR) is 161 cm³/mol. The summed E-state index contributed by atoms with van der Waals surface area (Å²) in [6.45, 7) is 2.43. The molecule has 12 heteroatoms. The highest BCUT2D eigenvalue weighted by Crippen LogP contribution is 2.43. The molecular formula is C30H50NO10P. The molecule has 0 aromatic rings. The molecule has 0 fully saturated rings. The standard InChI is InChI=1S/C30H50NO10P/c1-3-5-7-9-10-11-12-13-14-15-16-18-20-22-29(33)41-26(23-38-28(32)21-19-17-8-6-4-2)24-39-42(36,37)40-25-27(31)30(34)35/h5,7,10-11,13-14,16,18,26-27H,3-4,6,8-9,12,15,17,19-25,31H2,1-2H3,(H,34,35)(H,36,37)/b7-5-,11-10-,14-13-,18-16-. The molecule has 0 aromatic carbocycles. The van der Waals surface area contributed by atoms with Gasteiger partial charge in [0.25, 0.3) is 0 Å². The number of unbranched alkanes of at least 4 members (excludes halogenated alkanes) is 4. The monoisotopic (exact) mass is 615 g/mol. The zero-order chi connectivity index (χ0) is 31.5.